The van der Waals surface area contributed by atoms with Gasteiger partial charge >= 0.3 is 0 Å². The molecule has 8 heteroatoms. The van der Waals surface area contributed by atoms with E-state index in [4.69, 9.17) is 12.1 Å². The summed E-state index contributed by atoms with van der Waals surface area (Å²) in [4.78, 5) is 17.0. The number of hydrogen-bond acceptors (Lipinski definition) is 8. The second-order valence-corrected chi connectivity index (χ2v) is 11.3. The molecule has 3 N–H and O–H groups in total. The van der Waals surface area contributed by atoms with Gasteiger partial charge in [-0.2, -0.15) is 5.26 Å². The minimum atomic E-state index is -0.963. The zero-order valence-electron chi connectivity index (χ0n) is 22.4. The summed E-state index contributed by atoms with van der Waals surface area (Å²) < 4.78 is 8.24. The van der Waals surface area contributed by atoms with Gasteiger partial charge in [0.2, 0.25) is 0 Å². The van der Waals surface area contributed by atoms with E-state index in [-0.39, 0.29) is 29.8 Å². The molecule has 3 aliphatic heterocycles. The molecule has 0 aromatic carbocycles. The number of pyridine rings is 2. The normalized spacial score (nSPS) is 32.1. The van der Waals surface area contributed by atoms with Gasteiger partial charge in [0, 0.05) is 69.5 Å². The van der Waals surface area contributed by atoms with E-state index in [1.54, 1.807) is 6.07 Å². The van der Waals surface area contributed by atoms with Crippen molar-refractivity contribution >= 4 is 11.8 Å². The molecule has 3 saturated heterocycles. The minimum Gasteiger partial charge on any atom is -0.366 e. The molecule has 2 aromatic rings. The third-order valence-electron chi connectivity index (χ3n) is 8.47. The van der Waals surface area contributed by atoms with Crippen molar-refractivity contribution < 1.29 is 1.37 Å². The quantitative estimate of drug-likeness (QED) is 0.683. The number of rotatable bonds is 3. The Bertz CT molecular complexity index is 1280. The van der Waals surface area contributed by atoms with Gasteiger partial charge in [-0.15, -0.1) is 0 Å². The summed E-state index contributed by atoms with van der Waals surface area (Å²) in [5.74, 6) is 0. The minimum absolute atomic E-state index is 0.0931. The lowest BCUT2D eigenvalue weighted by Gasteiger charge is -2.57. The third-order valence-corrected chi connectivity index (χ3v) is 8.47. The van der Waals surface area contributed by atoms with Gasteiger partial charge in [0.05, 0.1) is 36.8 Å². The highest BCUT2D eigenvalue weighted by Crippen LogP contribution is 2.46. The summed E-state index contributed by atoms with van der Waals surface area (Å²) in [6.45, 7) is 11.6. The Kier molecular flexibility index (Phi) is 5.37. The molecule has 0 bridgehead atoms. The first kappa shape index (κ1) is 22.4. The van der Waals surface area contributed by atoms with Gasteiger partial charge in [-0.3, -0.25) is 19.8 Å². The van der Waals surface area contributed by atoms with Crippen LogP contribution in [0.15, 0.2) is 36.6 Å². The van der Waals surface area contributed by atoms with E-state index in [9.17, 15) is 5.26 Å². The van der Waals surface area contributed by atoms with Crippen LogP contribution in [0, 0.1) is 18.3 Å². The molecule has 0 amide bonds. The van der Waals surface area contributed by atoms with Crippen molar-refractivity contribution in [1.82, 2.24) is 25.1 Å². The first-order valence-electron chi connectivity index (χ1n) is 13.5. The molecule has 0 radical (unpaired) electrons. The Morgan fingerprint density at radius 1 is 1.33 bits per heavy atom. The van der Waals surface area contributed by atoms with Gasteiger partial charge in [-0.05, 0) is 44.0 Å². The Hall–Kier alpha value is -2.83. The van der Waals surface area contributed by atoms with Crippen LogP contribution in [0.1, 0.15) is 50.2 Å². The lowest BCUT2D eigenvalue weighted by molar-refractivity contribution is -0.0716. The van der Waals surface area contributed by atoms with Crippen molar-refractivity contribution in [3.05, 3.63) is 59.2 Å². The number of hydrogen-bond donors (Lipinski definition) is 2. The van der Waals surface area contributed by atoms with Crippen LogP contribution in [-0.2, 0) is 5.54 Å². The van der Waals surface area contributed by atoms with Crippen molar-refractivity contribution in [2.24, 2.45) is 5.73 Å². The van der Waals surface area contributed by atoms with Crippen molar-refractivity contribution in [2.75, 3.05) is 44.2 Å². The number of piperazine rings is 2. The van der Waals surface area contributed by atoms with E-state index in [1.165, 1.54) is 0 Å². The van der Waals surface area contributed by atoms with Crippen LogP contribution in [-0.4, -0.2) is 76.7 Å². The second-order valence-electron chi connectivity index (χ2n) is 11.3. The third kappa shape index (κ3) is 3.65. The van der Waals surface area contributed by atoms with Crippen LogP contribution in [0.25, 0.3) is 6.08 Å². The van der Waals surface area contributed by atoms with E-state index in [0.717, 1.165) is 61.8 Å². The number of anilines is 1. The number of nitriles is 1. The lowest BCUT2D eigenvalue weighted by atomic mass is 9.78. The standard InChI is InChI=1S/C28H36N8/c1-19-12-22(34-17-27(3,30)18-34)13-33-24(19)25-23-14-31-10-11-35(23)20(2)15-36(25)28(16-29)8-4-6-21-7-5-9-32-26(21)28/h4-7,9,12-13,20,23,25,31H,8,10-11,14-15,17-18,30H2,1-3H3/t20-,23+,25?,28?/m0/s1/i9D. The topological polar surface area (TPSA) is 97.3 Å². The van der Waals surface area contributed by atoms with Gasteiger partial charge in [-0.25, -0.2) is 0 Å². The van der Waals surface area contributed by atoms with E-state index in [2.05, 4.69) is 64.0 Å². The monoisotopic (exact) mass is 485 g/mol. The van der Waals surface area contributed by atoms with E-state index >= 15 is 0 Å². The molecular formula is C28H36N8. The number of nitrogens with zero attached hydrogens (tertiary/aromatic N) is 6. The molecule has 0 spiro atoms. The van der Waals surface area contributed by atoms with Crippen molar-refractivity contribution in [3.63, 3.8) is 0 Å². The summed E-state index contributed by atoms with van der Waals surface area (Å²) in [6.07, 6.45) is 6.82. The molecule has 4 aliphatic rings. The largest absolute Gasteiger partial charge is 0.366 e. The number of fused-ring (bicyclic) bond motifs is 2. The number of nitrogens with two attached hydrogens (primary N) is 1. The van der Waals surface area contributed by atoms with Crippen molar-refractivity contribution in [1.29, 1.82) is 5.26 Å². The summed E-state index contributed by atoms with van der Waals surface area (Å²) in [5.41, 5.74) is 9.99. The average Bonchev–Trinajstić information content (AvgIpc) is 2.87. The molecular weight excluding hydrogens is 448 g/mol. The van der Waals surface area contributed by atoms with Crippen LogP contribution < -0.4 is 16.0 Å². The first-order chi connectivity index (χ1) is 17.7. The fourth-order valence-corrected chi connectivity index (χ4v) is 6.78. The van der Waals surface area contributed by atoms with Gasteiger partial charge in [0.25, 0.3) is 0 Å². The molecule has 2 aromatic heterocycles. The highest BCUT2D eigenvalue weighted by atomic mass is 15.4. The number of aryl methyl sites for hydroxylation is 1. The predicted octanol–water partition coefficient (Wildman–Crippen LogP) is 2.18. The predicted molar refractivity (Wildman–Crippen MR) is 141 cm³/mol. The molecule has 8 nitrogen and oxygen atoms in total. The molecule has 36 heavy (non-hydrogen) atoms. The van der Waals surface area contributed by atoms with Gasteiger partial charge in [-0.1, -0.05) is 18.2 Å². The summed E-state index contributed by atoms with van der Waals surface area (Å²) in [5, 5.41) is 14.5. The highest BCUT2D eigenvalue weighted by Gasteiger charge is 2.53. The van der Waals surface area contributed by atoms with Crippen LogP contribution in [0.4, 0.5) is 5.69 Å². The van der Waals surface area contributed by atoms with Gasteiger partial charge in [0.15, 0.2) is 5.54 Å². The molecule has 6 rings (SSSR count). The zero-order chi connectivity index (χ0) is 25.9. The molecule has 0 saturated carbocycles. The molecule has 2 unspecified atom stereocenters. The summed E-state index contributed by atoms with van der Waals surface area (Å²) in [7, 11) is 0. The van der Waals surface area contributed by atoms with Crippen LogP contribution in [0.2, 0.25) is 0 Å². The summed E-state index contributed by atoms with van der Waals surface area (Å²) in [6, 6.07) is 8.90. The maximum Gasteiger partial charge on any atom is 0.156 e. The maximum atomic E-state index is 10.9. The van der Waals surface area contributed by atoms with E-state index in [1.807, 2.05) is 18.3 Å². The molecule has 188 valence electrons. The van der Waals surface area contributed by atoms with E-state index < -0.39 is 5.54 Å². The number of nitrogens with one attached hydrogen (secondary N) is 1. The SMILES string of the molecule is [2H]c1ccc2c(n1)C(C#N)(N1C[C@H](C)N3CCNC[C@@H]3C1c1ncc(N3CC(C)(N)C3)cc1C)CC=C2. The Morgan fingerprint density at radius 2 is 2.17 bits per heavy atom. The summed E-state index contributed by atoms with van der Waals surface area (Å²) >= 11 is 0. The van der Waals surface area contributed by atoms with Crippen molar-refractivity contribution in [2.45, 2.75) is 56.4 Å². The Labute approximate surface area is 215 Å². The average molecular weight is 486 g/mol. The number of aromatic nitrogens is 2. The molecule has 5 heterocycles. The molecule has 4 atom stereocenters. The molecule has 1 aliphatic carbocycles. The van der Waals surface area contributed by atoms with Crippen molar-refractivity contribution in [3.8, 4) is 6.07 Å². The zero-order valence-corrected chi connectivity index (χ0v) is 21.4. The molecule has 3 fully saturated rings. The second kappa shape index (κ2) is 8.63. The highest BCUT2D eigenvalue weighted by molar-refractivity contribution is 5.59. The van der Waals surface area contributed by atoms with Crippen LogP contribution in [0.5, 0.6) is 0 Å². The maximum absolute atomic E-state index is 10.9. The fraction of sp³-hybridized carbons (Fsp3) is 0.536. The van der Waals surface area contributed by atoms with Gasteiger partial charge < -0.3 is 16.0 Å². The van der Waals surface area contributed by atoms with E-state index in [0.29, 0.717) is 12.1 Å². The van der Waals surface area contributed by atoms with Gasteiger partial charge in [0.1, 0.15) is 0 Å². The van der Waals surface area contributed by atoms with Crippen LogP contribution in [0.3, 0.4) is 0 Å². The smallest absolute Gasteiger partial charge is 0.156 e. The first-order valence-corrected chi connectivity index (χ1v) is 13.0. The van der Waals surface area contributed by atoms with Crippen LogP contribution >= 0.6 is 0 Å². The Balaban J connectivity index is 1.46. The Morgan fingerprint density at radius 3 is 2.92 bits per heavy atom. The lowest BCUT2D eigenvalue weighted by Crippen LogP contribution is -2.68. The fourth-order valence-electron chi connectivity index (χ4n) is 6.78.